The Kier molecular flexibility index (Phi) is 5.85. The highest BCUT2D eigenvalue weighted by molar-refractivity contribution is 5.07. The lowest BCUT2D eigenvalue weighted by atomic mass is 9.90. The first-order valence-electron chi connectivity index (χ1n) is 7.18. The molecular weight excluding hydrogens is 206 g/mol. The Bertz CT molecular complexity index is 267. The third-order valence-electron chi connectivity index (χ3n) is 3.51. The van der Waals surface area contributed by atoms with Crippen LogP contribution in [0.5, 0.6) is 0 Å². The molecule has 17 heavy (non-hydrogen) atoms. The molecule has 1 fully saturated rings. The summed E-state index contributed by atoms with van der Waals surface area (Å²) in [5.41, 5.74) is 4.44. The SMILES string of the molecule is C=C=C(NCCC(C)C)C(CC(C)C)C1CC1. The lowest BCUT2D eigenvalue weighted by Crippen LogP contribution is -2.24. The van der Waals surface area contributed by atoms with Crippen molar-refractivity contribution in [3.8, 4) is 0 Å². The monoisotopic (exact) mass is 235 g/mol. The van der Waals surface area contributed by atoms with Crippen molar-refractivity contribution >= 4 is 0 Å². The Morgan fingerprint density at radius 2 is 1.88 bits per heavy atom. The number of hydrogen-bond donors (Lipinski definition) is 1. The zero-order chi connectivity index (χ0) is 12.8. The fourth-order valence-electron chi connectivity index (χ4n) is 2.37. The number of allylic oxidation sites excluding steroid dienone is 1. The Morgan fingerprint density at radius 1 is 1.24 bits per heavy atom. The van der Waals surface area contributed by atoms with Gasteiger partial charge in [0.15, 0.2) is 0 Å². The first kappa shape index (κ1) is 14.4. The van der Waals surface area contributed by atoms with E-state index in [2.05, 4.69) is 45.3 Å². The maximum absolute atomic E-state index is 3.87. The van der Waals surface area contributed by atoms with Crippen molar-refractivity contribution in [1.29, 1.82) is 0 Å². The van der Waals surface area contributed by atoms with Crippen molar-refractivity contribution in [3.63, 3.8) is 0 Å². The van der Waals surface area contributed by atoms with Crippen LogP contribution < -0.4 is 5.32 Å². The quantitative estimate of drug-likeness (QED) is 0.616. The van der Waals surface area contributed by atoms with Crippen molar-refractivity contribution in [2.45, 2.75) is 53.4 Å². The maximum Gasteiger partial charge on any atom is 0.0566 e. The van der Waals surface area contributed by atoms with E-state index in [4.69, 9.17) is 0 Å². The highest BCUT2D eigenvalue weighted by Crippen LogP contribution is 2.42. The van der Waals surface area contributed by atoms with Gasteiger partial charge in [-0.1, -0.05) is 34.3 Å². The van der Waals surface area contributed by atoms with Gasteiger partial charge in [-0.05, 0) is 43.4 Å². The van der Waals surface area contributed by atoms with Gasteiger partial charge in [0.1, 0.15) is 0 Å². The van der Waals surface area contributed by atoms with Crippen molar-refractivity contribution in [2.75, 3.05) is 6.54 Å². The summed E-state index contributed by atoms with van der Waals surface area (Å²) in [6.45, 7) is 14.1. The number of hydrogen-bond acceptors (Lipinski definition) is 1. The van der Waals surface area contributed by atoms with Crippen LogP contribution in [0.2, 0.25) is 0 Å². The zero-order valence-electron chi connectivity index (χ0n) is 12.1. The van der Waals surface area contributed by atoms with Crippen LogP contribution in [0.4, 0.5) is 0 Å². The summed E-state index contributed by atoms with van der Waals surface area (Å²) in [6, 6.07) is 0. The van der Waals surface area contributed by atoms with Gasteiger partial charge < -0.3 is 5.32 Å². The molecular formula is C16H29N. The molecule has 1 atom stereocenters. The average molecular weight is 235 g/mol. The first-order chi connectivity index (χ1) is 8.04. The lowest BCUT2D eigenvalue weighted by molar-refractivity contribution is 0.395. The highest BCUT2D eigenvalue weighted by atomic mass is 14.9. The summed E-state index contributed by atoms with van der Waals surface area (Å²) in [6.07, 6.45) is 5.30. The molecule has 1 aliphatic carbocycles. The number of rotatable bonds is 8. The van der Waals surface area contributed by atoms with E-state index in [0.717, 1.165) is 24.3 Å². The predicted molar refractivity (Wildman–Crippen MR) is 75.8 cm³/mol. The van der Waals surface area contributed by atoms with Gasteiger partial charge in [0.25, 0.3) is 0 Å². The second kappa shape index (κ2) is 6.91. The van der Waals surface area contributed by atoms with E-state index < -0.39 is 0 Å². The molecule has 0 bridgehead atoms. The van der Waals surface area contributed by atoms with Crippen LogP contribution in [-0.4, -0.2) is 6.54 Å². The van der Waals surface area contributed by atoms with Crippen LogP contribution in [0.3, 0.4) is 0 Å². The zero-order valence-corrected chi connectivity index (χ0v) is 12.1. The van der Waals surface area contributed by atoms with Gasteiger partial charge >= 0.3 is 0 Å². The van der Waals surface area contributed by atoms with Crippen LogP contribution in [0.25, 0.3) is 0 Å². The van der Waals surface area contributed by atoms with Crippen LogP contribution in [0, 0.1) is 23.7 Å². The molecule has 1 N–H and O–H groups in total. The number of nitrogens with one attached hydrogen (secondary N) is 1. The molecule has 1 heteroatoms. The van der Waals surface area contributed by atoms with Crippen LogP contribution in [-0.2, 0) is 0 Å². The van der Waals surface area contributed by atoms with Crippen LogP contribution in [0.15, 0.2) is 18.0 Å². The van der Waals surface area contributed by atoms with E-state index in [9.17, 15) is 0 Å². The fourth-order valence-corrected chi connectivity index (χ4v) is 2.37. The van der Waals surface area contributed by atoms with E-state index in [1.165, 1.54) is 31.4 Å². The van der Waals surface area contributed by atoms with Gasteiger partial charge in [-0.25, -0.2) is 0 Å². The second-order valence-electron chi connectivity index (χ2n) is 6.27. The van der Waals surface area contributed by atoms with Crippen molar-refractivity contribution in [1.82, 2.24) is 5.32 Å². The minimum atomic E-state index is 0.680. The Morgan fingerprint density at radius 3 is 2.29 bits per heavy atom. The molecule has 98 valence electrons. The van der Waals surface area contributed by atoms with E-state index in [0.29, 0.717) is 5.92 Å². The summed E-state index contributed by atoms with van der Waals surface area (Å²) in [4.78, 5) is 0. The molecule has 1 unspecified atom stereocenters. The van der Waals surface area contributed by atoms with E-state index in [1.54, 1.807) is 0 Å². The van der Waals surface area contributed by atoms with Gasteiger partial charge in [0, 0.05) is 12.5 Å². The minimum absolute atomic E-state index is 0.680. The van der Waals surface area contributed by atoms with Crippen LogP contribution in [0.1, 0.15) is 53.4 Å². The molecule has 1 aliphatic rings. The Labute approximate surface area is 107 Å². The summed E-state index contributed by atoms with van der Waals surface area (Å²) in [5.74, 6) is 3.10. The smallest absolute Gasteiger partial charge is 0.0566 e. The van der Waals surface area contributed by atoms with E-state index >= 15 is 0 Å². The second-order valence-corrected chi connectivity index (χ2v) is 6.27. The highest BCUT2D eigenvalue weighted by Gasteiger charge is 2.33. The summed E-state index contributed by atoms with van der Waals surface area (Å²) < 4.78 is 0. The van der Waals surface area contributed by atoms with Crippen molar-refractivity contribution < 1.29 is 0 Å². The van der Waals surface area contributed by atoms with Gasteiger partial charge in [-0.15, -0.1) is 5.73 Å². The normalized spacial score (nSPS) is 17.1. The average Bonchev–Trinajstić information content (AvgIpc) is 3.04. The summed E-state index contributed by atoms with van der Waals surface area (Å²) in [5, 5.41) is 3.57. The van der Waals surface area contributed by atoms with Gasteiger partial charge in [-0.2, -0.15) is 0 Å². The Balaban J connectivity index is 2.48. The minimum Gasteiger partial charge on any atom is -0.382 e. The molecule has 0 spiro atoms. The van der Waals surface area contributed by atoms with Crippen molar-refractivity contribution in [2.24, 2.45) is 23.7 Å². The fraction of sp³-hybridized carbons (Fsp3) is 0.812. The third-order valence-corrected chi connectivity index (χ3v) is 3.51. The predicted octanol–water partition coefficient (Wildman–Crippen LogP) is 4.36. The van der Waals surface area contributed by atoms with E-state index in [-0.39, 0.29) is 0 Å². The summed E-state index contributed by atoms with van der Waals surface area (Å²) >= 11 is 0. The standard InChI is InChI=1S/C16H29N/c1-6-16(17-10-9-12(2)3)15(11-13(4)5)14-7-8-14/h12-15,17H,1,7-11H2,2-5H3. The van der Waals surface area contributed by atoms with Gasteiger partial charge in [0.05, 0.1) is 5.70 Å². The largest absolute Gasteiger partial charge is 0.382 e. The Hall–Kier alpha value is -0.680. The van der Waals surface area contributed by atoms with Gasteiger partial charge in [-0.3, -0.25) is 0 Å². The van der Waals surface area contributed by atoms with Crippen molar-refractivity contribution in [3.05, 3.63) is 18.0 Å². The molecule has 0 aliphatic heterocycles. The topological polar surface area (TPSA) is 12.0 Å². The molecule has 1 saturated carbocycles. The maximum atomic E-state index is 3.87. The van der Waals surface area contributed by atoms with Gasteiger partial charge in [0.2, 0.25) is 0 Å². The molecule has 1 nitrogen and oxygen atoms in total. The molecule has 1 rings (SSSR count). The lowest BCUT2D eigenvalue weighted by Gasteiger charge is -2.22. The molecule has 0 aromatic carbocycles. The molecule has 0 heterocycles. The molecule has 0 amide bonds. The summed E-state index contributed by atoms with van der Waals surface area (Å²) in [7, 11) is 0. The molecule has 0 radical (unpaired) electrons. The van der Waals surface area contributed by atoms with E-state index in [1.807, 2.05) is 0 Å². The molecule has 0 aromatic heterocycles. The first-order valence-corrected chi connectivity index (χ1v) is 7.18. The molecule has 0 aromatic rings. The van der Waals surface area contributed by atoms with Crippen LogP contribution >= 0.6 is 0 Å². The third kappa shape index (κ3) is 5.46. The molecule has 0 saturated heterocycles.